The SMILES string of the molecule is Cc1cc(C)cc(Nc2ncc(C(=O)N(Cc3ccccc3)C(C)C)cn2)c1. The van der Waals surface area contributed by atoms with Crippen molar-refractivity contribution in [3.8, 4) is 0 Å². The van der Waals surface area contributed by atoms with Gasteiger partial charge in [-0.25, -0.2) is 9.97 Å². The largest absolute Gasteiger partial charge is 0.332 e. The maximum atomic E-state index is 13.0. The highest BCUT2D eigenvalue weighted by Crippen LogP contribution is 2.18. The van der Waals surface area contributed by atoms with Crippen molar-refractivity contribution in [1.29, 1.82) is 0 Å². The minimum atomic E-state index is -0.0724. The maximum Gasteiger partial charge on any atom is 0.257 e. The molecular formula is C23H26N4O. The first kappa shape index (κ1) is 19.5. The van der Waals surface area contributed by atoms with Crippen LogP contribution in [-0.2, 0) is 6.54 Å². The van der Waals surface area contributed by atoms with Crippen LogP contribution in [0, 0.1) is 13.8 Å². The van der Waals surface area contributed by atoms with Crippen LogP contribution in [0.15, 0.2) is 60.9 Å². The third-order valence-electron chi connectivity index (χ3n) is 4.46. The highest BCUT2D eigenvalue weighted by atomic mass is 16.2. The topological polar surface area (TPSA) is 58.1 Å². The Hall–Kier alpha value is -3.21. The van der Waals surface area contributed by atoms with Gasteiger partial charge in [-0.15, -0.1) is 0 Å². The highest BCUT2D eigenvalue weighted by molar-refractivity contribution is 5.93. The third kappa shape index (κ3) is 4.94. The molecule has 0 aliphatic heterocycles. The summed E-state index contributed by atoms with van der Waals surface area (Å²) in [6.07, 6.45) is 3.17. The monoisotopic (exact) mass is 374 g/mol. The molecule has 5 nitrogen and oxygen atoms in total. The summed E-state index contributed by atoms with van der Waals surface area (Å²) in [5.74, 6) is 0.400. The van der Waals surface area contributed by atoms with E-state index in [4.69, 9.17) is 0 Å². The van der Waals surface area contributed by atoms with E-state index in [-0.39, 0.29) is 11.9 Å². The summed E-state index contributed by atoms with van der Waals surface area (Å²) in [6.45, 7) is 8.68. The molecule has 0 radical (unpaired) electrons. The first-order valence-corrected chi connectivity index (χ1v) is 9.44. The Morgan fingerprint density at radius 3 is 2.18 bits per heavy atom. The number of hydrogen-bond acceptors (Lipinski definition) is 4. The van der Waals surface area contributed by atoms with Gasteiger partial charge < -0.3 is 10.2 Å². The van der Waals surface area contributed by atoms with Crippen molar-refractivity contribution >= 4 is 17.5 Å². The summed E-state index contributed by atoms with van der Waals surface area (Å²) < 4.78 is 0. The first-order chi connectivity index (χ1) is 13.4. The number of nitrogens with one attached hydrogen (secondary N) is 1. The molecule has 0 atom stereocenters. The van der Waals surface area contributed by atoms with E-state index in [9.17, 15) is 4.79 Å². The summed E-state index contributed by atoms with van der Waals surface area (Å²) in [4.78, 5) is 23.5. The molecule has 5 heteroatoms. The van der Waals surface area contributed by atoms with Crippen LogP contribution in [0.1, 0.15) is 40.9 Å². The van der Waals surface area contributed by atoms with E-state index < -0.39 is 0 Å². The van der Waals surface area contributed by atoms with Crippen LogP contribution in [0.2, 0.25) is 0 Å². The second-order valence-corrected chi connectivity index (χ2v) is 7.31. The van der Waals surface area contributed by atoms with Crippen LogP contribution in [0.4, 0.5) is 11.6 Å². The van der Waals surface area contributed by atoms with Crippen LogP contribution in [0.25, 0.3) is 0 Å². The van der Waals surface area contributed by atoms with Gasteiger partial charge in [-0.1, -0.05) is 36.4 Å². The van der Waals surface area contributed by atoms with Gasteiger partial charge in [0.05, 0.1) is 5.56 Å². The Morgan fingerprint density at radius 1 is 1.00 bits per heavy atom. The van der Waals surface area contributed by atoms with Crippen molar-refractivity contribution in [3.05, 3.63) is 83.2 Å². The summed E-state index contributed by atoms with van der Waals surface area (Å²) in [6, 6.07) is 16.2. The Labute approximate surface area is 166 Å². The van der Waals surface area contributed by atoms with Gasteiger partial charge in [0.25, 0.3) is 5.91 Å². The molecule has 1 amide bonds. The molecule has 0 fully saturated rings. The lowest BCUT2D eigenvalue weighted by atomic mass is 10.1. The van der Waals surface area contributed by atoms with E-state index in [0.29, 0.717) is 18.1 Å². The Morgan fingerprint density at radius 2 is 1.61 bits per heavy atom. The second kappa shape index (κ2) is 8.65. The van der Waals surface area contributed by atoms with E-state index in [2.05, 4.69) is 21.4 Å². The number of nitrogens with zero attached hydrogens (tertiary/aromatic N) is 3. The molecule has 28 heavy (non-hydrogen) atoms. The highest BCUT2D eigenvalue weighted by Gasteiger charge is 2.20. The quantitative estimate of drug-likeness (QED) is 0.667. The number of aromatic nitrogens is 2. The van der Waals surface area contributed by atoms with Crippen molar-refractivity contribution < 1.29 is 4.79 Å². The zero-order valence-electron chi connectivity index (χ0n) is 16.8. The van der Waals surface area contributed by atoms with Gasteiger partial charge in [0, 0.05) is 30.7 Å². The number of benzene rings is 2. The van der Waals surface area contributed by atoms with E-state index in [1.165, 1.54) is 11.1 Å². The van der Waals surface area contributed by atoms with Crippen molar-refractivity contribution in [2.24, 2.45) is 0 Å². The summed E-state index contributed by atoms with van der Waals surface area (Å²) >= 11 is 0. The van der Waals surface area contributed by atoms with E-state index in [0.717, 1.165) is 11.3 Å². The number of carbonyl (C=O) groups excluding carboxylic acids is 1. The zero-order valence-corrected chi connectivity index (χ0v) is 16.8. The van der Waals surface area contributed by atoms with Crippen LogP contribution < -0.4 is 5.32 Å². The van der Waals surface area contributed by atoms with Gasteiger partial charge in [-0.2, -0.15) is 0 Å². The predicted molar refractivity (Wildman–Crippen MR) is 113 cm³/mol. The molecule has 3 aromatic rings. The van der Waals surface area contributed by atoms with E-state index >= 15 is 0 Å². The fourth-order valence-corrected chi connectivity index (χ4v) is 3.11. The number of amides is 1. The van der Waals surface area contributed by atoms with Gasteiger partial charge in [0.15, 0.2) is 0 Å². The smallest absolute Gasteiger partial charge is 0.257 e. The molecule has 0 unspecified atom stereocenters. The fourth-order valence-electron chi connectivity index (χ4n) is 3.11. The van der Waals surface area contributed by atoms with Gasteiger partial charge in [-0.05, 0) is 56.5 Å². The van der Waals surface area contributed by atoms with Gasteiger partial charge in [0.1, 0.15) is 0 Å². The zero-order chi connectivity index (χ0) is 20.1. The molecule has 3 rings (SSSR count). The molecule has 2 aromatic carbocycles. The van der Waals surface area contributed by atoms with Crippen LogP contribution in [0.3, 0.4) is 0 Å². The van der Waals surface area contributed by atoms with E-state index in [1.807, 2.05) is 75.1 Å². The van der Waals surface area contributed by atoms with Crippen LogP contribution >= 0.6 is 0 Å². The third-order valence-corrected chi connectivity index (χ3v) is 4.46. The molecule has 0 aliphatic rings. The molecule has 0 spiro atoms. The van der Waals surface area contributed by atoms with Crippen molar-refractivity contribution in [3.63, 3.8) is 0 Å². The fraction of sp³-hybridized carbons (Fsp3) is 0.261. The standard InChI is InChI=1S/C23H26N4O/c1-16(2)27(15-19-8-6-5-7-9-19)22(28)20-13-24-23(25-14-20)26-21-11-17(3)10-18(4)12-21/h5-14,16H,15H2,1-4H3,(H,24,25,26). The Bertz CT molecular complexity index is 916. The number of rotatable bonds is 6. The summed E-state index contributed by atoms with van der Waals surface area (Å²) in [7, 11) is 0. The molecule has 0 bridgehead atoms. The Kier molecular flexibility index (Phi) is 6.04. The van der Waals surface area contributed by atoms with Gasteiger partial charge in [0.2, 0.25) is 5.95 Å². The molecule has 1 N–H and O–H groups in total. The average Bonchev–Trinajstić information content (AvgIpc) is 2.66. The van der Waals surface area contributed by atoms with Crippen molar-refractivity contribution in [2.75, 3.05) is 5.32 Å². The van der Waals surface area contributed by atoms with E-state index in [1.54, 1.807) is 12.4 Å². The number of aryl methyl sites for hydroxylation is 2. The molecular weight excluding hydrogens is 348 g/mol. The molecule has 1 heterocycles. The summed E-state index contributed by atoms with van der Waals surface area (Å²) in [5, 5.41) is 3.20. The normalized spacial score (nSPS) is 10.8. The molecule has 0 saturated carbocycles. The van der Waals surface area contributed by atoms with Gasteiger partial charge in [-0.3, -0.25) is 4.79 Å². The molecule has 1 aromatic heterocycles. The van der Waals surface area contributed by atoms with Crippen LogP contribution in [-0.4, -0.2) is 26.8 Å². The molecule has 0 aliphatic carbocycles. The van der Waals surface area contributed by atoms with Gasteiger partial charge >= 0.3 is 0 Å². The average molecular weight is 374 g/mol. The van der Waals surface area contributed by atoms with Crippen molar-refractivity contribution in [2.45, 2.75) is 40.3 Å². The minimum absolute atomic E-state index is 0.0702. The number of anilines is 2. The predicted octanol–water partition coefficient (Wildman–Crippen LogP) is 4.89. The number of carbonyl (C=O) groups is 1. The maximum absolute atomic E-state index is 13.0. The Balaban J connectivity index is 1.74. The van der Waals surface area contributed by atoms with Crippen LogP contribution in [0.5, 0.6) is 0 Å². The minimum Gasteiger partial charge on any atom is -0.332 e. The lowest BCUT2D eigenvalue weighted by Gasteiger charge is -2.26. The lowest BCUT2D eigenvalue weighted by Crippen LogP contribution is -2.36. The number of hydrogen-bond donors (Lipinski definition) is 1. The molecule has 144 valence electrons. The van der Waals surface area contributed by atoms with Crippen molar-refractivity contribution in [1.82, 2.24) is 14.9 Å². The molecule has 0 saturated heterocycles. The lowest BCUT2D eigenvalue weighted by molar-refractivity contribution is 0.0689. The first-order valence-electron chi connectivity index (χ1n) is 9.44. The summed E-state index contributed by atoms with van der Waals surface area (Å²) in [5.41, 5.74) is 4.85. The second-order valence-electron chi connectivity index (χ2n) is 7.31.